The van der Waals surface area contributed by atoms with Crippen LogP contribution in [0.2, 0.25) is 0 Å². The summed E-state index contributed by atoms with van der Waals surface area (Å²) in [5.41, 5.74) is 1.18. The SMILES string of the molecule is CCCC(C)C(=O)c1ccc(-c2ccccc2)s1. The van der Waals surface area contributed by atoms with E-state index in [1.54, 1.807) is 11.3 Å². The van der Waals surface area contributed by atoms with Crippen LogP contribution in [0.4, 0.5) is 0 Å². The highest BCUT2D eigenvalue weighted by atomic mass is 32.1. The average Bonchev–Trinajstić information content (AvgIpc) is 2.89. The van der Waals surface area contributed by atoms with Gasteiger partial charge in [0.1, 0.15) is 0 Å². The molecule has 0 aliphatic carbocycles. The highest BCUT2D eigenvalue weighted by molar-refractivity contribution is 7.17. The fourth-order valence-corrected chi connectivity index (χ4v) is 3.10. The summed E-state index contributed by atoms with van der Waals surface area (Å²) in [6, 6.07) is 14.2. The first-order valence-electron chi connectivity index (χ1n) is 6.42. The van der Waals surface area contributed by atoms with Crippen LogP contribution in [0.25, 0.3) is 10.4 Å². The predicted octanol–water partition coefficient (Wildman–Crippen LogP) is 5.03. The molecule has 0 aliphatic rings. The molecule has 0 spiro atoms. The first-order chi connectivity index (χ1) is 8.72. The van der Waals surface area contributed by atoms with E-state index in [1.807, 2.05) is 37.3 Å². The van der Waals surface area contributed by atoms with Crippen molar-refractivity contribution in [3.63, 3.8) is 0 Å². The van der Waals surface area contributed by atoms with E-state index in [-0.39, 0.29) is 11.7 Å². The first-order valence-corrected chi connectivity index (χ1v) is 7.23. The molecular weight excluding hydrogens is 240 g/mol. The first kappa shape index (κ1) is 13.0. The van der Waals surface area contributed by atoms with Gasteiger partial charge in [0, 0.05) is 10.8 Å². The molecule has 0 N–H and O–H groups in total. The van der Waals surface area contributed by atoms with Gasteiger partial charge in [-0.15, -0.1) is 11.3 Å². The molecule has 2 aromatic rings. The van der Waals surface area contributed by atoms with Gasteiger partial charge >= 0.3 is 0 Å². The summed E-state index contributed by atoms with van der Waals surface area (Å²) in [6.07, 6.45) is 2.03. The molecule has 18 heavy (non-hydrogen) atoms. The Morgan fingerprint density at radius 2 is 1.89 bits per heavy atom. The monoisotopic (exact) mass is 258 g/mol. The van der Waals surface area contributed by atoms with Crippen molar-refractivity contribution < 1.29 is 4.79 Å². The highest BCUT2D eigenvalue weighted by Crippen LogP contribution is 2.29. The smallest absolute Gasteiger partial charge is 0.175 e. The van der Waals surface area contributed by atoms with Crippen LogP contribution in [0.1, 0.15) is 36.4 Å². The fourth-order valence-electron chi connectivity index (χ4n) is 2.03. The third-order valence-electron chi connectivity index (χ3n) is 3.08. The lowest BCUT2D eigenvalue weighted by Gasteiger charge is -2.06. The lowest BCUT2D eigenvalue weighted by molar-refractivity contribution is 0.0928. The molecule has 0 saturated carbocycles. The van der Waals surface area contributed by atoms with Gasteiger partial charge < -0.3 is 0 Å². The lowest BCUT2D eigenvalue weighted by atomic mass is 10.00. The Labute approximate surface area is 112 Å². The number of Topliss-reactive ketones (excluding diaryl/α,β-unsaturated/α-hetero) is 1. The molecule has 2 heteroatoms. The second-order valence-electron chi connectivity index (χ2n) is 4.58. The van der Waals surface area contributed by atoms with Crippen LogP contribution >= 0.6 is 11.3 Å². The normalized spacial score (nSPS) is 12.3. The van der Waals surface area contributed by atoms with Gasteiger partial charge in [0.25, 0.3) is 0 Å². The second-order valence-corrected chi connectivity index (χ2v) is 5.67. The summed E-state index contributed by atoms with van der Waals surface area (Å²) >= 11 is 1.60. The Morgan fingerprint density at radius 3 is 2.56 bits per heavy atom. The van der Waals surface area contributed by atoms with Crippen molar-refractivity contribution in [1.29, 1.82) is 0 Å². The maximum atomic E-state index is 12.2. The molecule has 94 valence electrons. The van der Waals surface area contributed by atoms with E-state index in [1.165, 1.54) is 10.4 Å². The quantitative estimate of drug-likeness (QED) is 0.687. The molecule has 1 aromatic carbocycles. The van der Waals surface area contributed by atoms with E-state index in [0.29, 0.717) is 0 Å². The predicted molar refractivity (Wildman–Crippen MR) is 78.2 cm³/mol. The van der Waals surface area contributed by atoms with Crippen molar-refractivity contribution in [1.82, 2.24) is 0 Å². The lowest BCUT2D eigenvalue weighted by Crippen LogP contribution is -2.08. The summed E-state index contributed by atoms with van der Waals surface area (Å²) < 4.78 is 0. The zero-order valence-electron chi connectivity index (χ0n) is 10.8. The van der Waals surface area contributed by atoms with Crippen LogP contribution in [0.5, 0.6) is 0 Å². The van der Waals surface area contributed by atoms with Crippen LogP contribution in [0, 0.1) is 5.92 Å². The van der Waals surface area contributed by atoms with Gasteiger partial charge in [-0.25, -0.2) is 0 Å². The zero-order valence-corrected chi connectivity index (χ0v) is 11.7. The molecule has 0 aliphatic heterocycles. The standard InChI is InChI=1S/C16H18OS/c1-3-7-12(2)16(17)15-11-10-14(18-15)13-8-5-4-6-9-13/h4-6,8-12H,3,7H2,1-2H3. The van der Waals surface area contributed by atoms with E-state index in [2.05, 4.69) is 19.1 Å². The third-order valence-corrected chi connectivity index (χ3v) is 4.23. The van der Waals surface area contributed by atoms with Gasteiger partial charge in [-0.1, -0.05) is 50.6 Å². The Kier molecular flexibility index (Phi) is 4.32. The Bertz CT molecular complexity index is 513. The molecular formula is C16H18OS. The van der Waals surface area contributed by atoms with E-state index >= 15 is 0 Å². The number of hydrogen-bond acceptors (Lipinski definition) is 2. The van der Waals surface area contributed by atoms with Crippen LogP contribution in [-0.4, -0.2) is 5.78 Å². The van der Waals surface area contributed by atoms with Crippen molar-refractivity contribution in [2.24, 2.45) is 5.92 Å². The molecule has 0 bridgehead atoms. The average molecular weight is 258 g/mol. The largest absolute Gasteiger partial charge is 0.293 e. The maximum absolute atomic E-state index is 12.2. The number of benzene rings is 1. The summed E-state index contributed by atoms with van der Waals surface area (Å²) in [7, 11) is 0. The number of hydrogen-bond donors (Lipinski definition) is 0. The van der Waals surface area contributed by atoms with Crippen molar-refractivity contribution in [3.8, 4) is 10.4 Å². The molecule has 1 atom stereocenters. The molecule has 0 amide bonds. The van der Waals surface area contributed by atoms with Crippen molar-refractivity contribution in [2.45, 2.75) is 26.7 Å². The van der Waals surface area contributed by atoms with Crippen molar-refractivity contribution in [3.05, 3.63) is 47.3 Å². The van der Waals surface area contributed by atoms with E-state index in [0.717, 1.165) is 17.7 Å². The zero-order chi connectivity index (χ0) is 13.0. The molecule has 1 nitrogen and oxygen atoms in total. The highest BCUT2D eigenvalue weighted by Gasteiger charge is 2.16. The van der Waals surface area contributed by atoms with Crippen LogP contribution in [0.15, 0.2) is 42.5 Å². The van der Waals surface area contributed by atoms with Crippen LogP contribution < -0.4 is 0 Å². The van der Waals surface area contributed by atoms with Gasteiger partial charge in [-0.3, -0.25) is 4.79 Å². The number of rotatable bonds is 5. The molecule has 1 aromatic heterocycles. The van der Waals surface area contributed by atoms with E-state index < -0.39 is 0 Å². The molecule has 0 fully saturated rings. The second kappa shape index (κ2) is 5.96. The van der Waals surface area contributed by atoms with Crippen molar-refractivity contribution in [2.75, 3.05) is 0 Å². The third kappa shape index (κ3) is 2.88. The number of ketones is 1. The van der Waals surface area contributed by atoms with Gasteiger partial charge in [-0.05, 0) is 24.1 Å². The number of thiophene rings is 1. The fraction of sp³-hybridized carbons (Fsp3) is 0.312. The van der Waals surface area contributed by atoms with Gasteiger partial charge in [0.05, 0.1) is 4.88 Å². The minimum Gasteiger partial charge on any atom is -0.293 e. The molecule has 1 unspecified atom stereocenters. The van der Waals surface area contributed by atoms with Crippen molar-refractivity contribution >= 4 is 17.1 Å². The topological polar surface area (TPSA) is 17.1 Å². The maximum Gasteiger partial charge on any atom is 0.175 e. The van der Waals surface area contributed by atoms with Crippen LogP contribution in [0.3, 0.4) is 0 Å². The summed E-state index contributed by atoms with van der Waals surface area (Å²) in [5, 5.41) is 0. The minimum absolute atomic E-state index is 0.136. The Balaban J connectivity index is 2.18. The molecule has 2 rings (SSSR count). The number of carbonyl (C=O) groups is 1. The van der Waals surface area contributed by atoms with Crippen LogP contribution in [-0.2, 0) is 0 Å². The number of carbonyl (C=O) groups excluding carboxylic acids is 1. The molecule has 1 heterocycles. The van der Waals surface area contributed by atoms with Gasteiger partial charge in [0.2, 0.25) is 0 Å². The summed E-state index contributed by atoms with van der Waals surface area (Å²) in [4.78, 5) is 14.2. The summed E-state index contributed by atoms with van der Waals surface area (Å²) in [6.45, 7) is 4.14. The molecule has 0 radical (unpaired) electrons. The Morgan fingerprint density at radius 1 is 1.17 bits per heavy atom. The summed E-state index contributed by atoms with van der Waals surface area (Å²) in [5.74, 6) is 0.418. The van der Waals surface area contributed by atoms with E-state index in [4.69, 9.17) is 0 Å². The minimum atomic E-state index is 0.136. The molecule has 0 saturated heterocycles. The van der Waals surface area contributed by atoms with Gasteiger partial charge in [-0.2, -0.15) is 0 Å². The van der Waals surface area contributed by atoms with Gasteiger partial charge in [0.15, 0.2) is 5.78 Å². The van der Waals surface area contributed by atoms with E-state index in [9.17, 15) is 4.79 Å². The Hall–Kier alpha value is -1.41.